The second-order valence-electron chi connectivity index (χ2n) is 10.3. The maximum Gasteiger partial charge on any atom is 0.159 e. The van der Waals surface area contributed by atoms with Gasteiger partial charge in [0.1, 0.15) is 0 Å². The first kappa shape index (κ1) is 24.6. The van der Waals surface area contributed by atoms with Crippen LogP contribution in [0.5, 0.6) is 0 Å². The highest BCUT2D eigenvalue weighted by Gasteiger charge is 2.48. The van der Waals surface area contributed by atoms with Gasteiger partial charge < -0.3 is 14.9 Å². The SMILES string of the molecule is CC(O)CCCCCC(O)C(C)OC1CCC2=CC(=O)C(C(C)C)CC2(C)C1C. The number of aliphatic hydroxyl groups excluding tert-OH is 2. The highest BCUT2D eigenvalue weighted by atomic mass is 16.5. The molecule has 0 bridgehead atoms. The minimum Gasteiger partial charge on any atom is -0.393 e. The molecular weight excluding hydrogens is 364 g/mol. The summed E-state index contributed by atoms with van der Waals surface area (Å²) in [4.78, 5) is 12.5. The molecule has 0 aromatic rings. The summed E-state index contributed by atoms with van der Waals surface area (Å²) in [5, 5.41) is 19.9. The van der Waals surface area contributed by atoms with Gasteiger partial charge in [-0.2, -0.15) is 0 Å². The summed E-state index contributed by atoms with van der Waals surface area (Å²) in [6, 6.07) is 0. The van der Waals surface area contributed by atoms with E-state index in [1.54, 1.807) is 0 Å². The summed E-state index contributed by atoms with van der Waals surface area (Å²) in [7, 11) is 0. The lowest BCUT2D eigenvalue weighted by Crippen LogP contribution is -2.48. The van der Waals surface area contributed by atoms with Gasteiger partial charge in [-0.1, -0.05) is 52.5 Å². The van der Waals surface area contributed by atoms with Crippen molar-refractivity contribution < 1.29 is 19.7 Å². The third-order valence-electron chi connectivity index (χ3n) is 7.68. The van der Waals surface area contributed by atoms with E-state index in [9.17, 15) is 15.0 Å². The van der Waals surface area contributed by atoms with Crippen LogP contribution in [0, 0.1) is 23.2 Å². The van der Waals surface area contributed by atoms with Crippen LogP contribution in [0.3, 0.4) is 0 Å². The molecule has 7 atom stereocenters. The Morgan fingerprint density at radius 1 is 1.14 bits per heavy atom. The summed E-state index contributed by atoms with van der Waals surface area (Å²) in [5.74, 6) is 1.10. The monoisotopic (exact) mass is 408 g/mol. The number of ether oxygens (including phenoxy) is 1. The molecule has 4 heteroatoms. The van der Waals surface area contributed by atoms with E-state index in [2.05, 4.69) is 27.7 Å². The lowest BCUT2D eigenvalue weighted by molar-refractivity contribution is -0.129. The minimum atomic E-state index is -0.449. The Hall–Kier alpha value is -0.710. The fourth-order valence-electron chi connectivity index (χ4n) is 5.25. The van der Waals surface area contributed by atoms with E-state index in [-0.39, 0.29) is 29.6 Å². The van der Waals surface area contributed by atoms with Crippen molar-refractivity contribution in [3.8, 4) is 0 Å². The summed E-state index contributed by atoms with van der Waals surface area (Å²) < 4.78 is 6.40. The number of unbranched alkanes of at least 4 members (excludes halogenated alkanes) is 2. The molecule has 2 aliphatic rings. The first-order chi connectivity index (χ1) is 13.6. The van der Waals surface area contributed by atoms with Crippen LogP contribution in [0.25, 0.3) is 0 Å². The average Bonchev–Trinajstić information content (AvgIpc) is 2.64. The molecule has 0 aliphatic heterocycles. The quantitative estimate of drug-likeness (QED) is 0.496. The normalized spacial score (nSPS) is 33.2. The standard InChI is InChI=1S/C25H44O4/c1-16(2)21-15-25(6)18(4)24(13-12-20(25)14-23(21)28)29-19(5)22(27)11-9-7-8-10-17(3)26/h14,16-19,21-22,24,26-27H,7-13,15H2,1-6H3. The largest absolute Gasteiger partial charge is 0.393 e. The van der Waals surface area contributed by atoms with E-state index >= 15 is 0 Å². The maximum absolute atomic E-state index is 12.5. The van der Waals surface area contributed by atoms with Crippen molar-refractivity contribution in [3.05, 3.63) is 11.6 Å². The second-order valence-corrected chi connectivity index (χ2v) is 10.3. The molecule has 1 saturated carbocycles. The topological polar surface area (TPSA) is 66.8 Å². The van der Waals surface area contributed by atoms with Gasteiger partial charge in [0.25, 0.3) is 0 Å². The molecule has 0 spiro atoms. The zero-order chi connectivity index (χ0) is 21.8. The molecule has 0 saturated heterocycles. The molecule has 2 rings (SSSR count). The number of carbonyl (C=O) groups excluding carboxylic acids is 1. The molecule has 1 fully saturated rings. The number of hydrogen-bond acceptors (Lipinski definition) is 4. The van der Waals surface area contributed by atoms with Crippen LogP contribution in [-0.2, 0) is 9.53 Å². The van der Waals surface area contributed by atoms with Gasteiger partial charge in [-0.15, -0.1) is 0 Å². The Balaban J connectivity index is 1.90. The van der Waals surface area contributed by atoms with E-state index in [0.717, 1.165) is 51.4 Å². The van der Waals surface area contributed by atoms with E-state index in [1.165, 1.54) is 5.57 Å². The predicted molar refractivity (Wildman–Crippen MR) is 118 cm³/mol. The van der Waals surface area contributed by atoms with Gasteiger partial charge in [0.05, 0.1) is 24.4 Å². The van der Waals surface area contributed by atoms with Crippen LogP contribution < -0.4 is 0 Å². The fraction of sp³-hybridized carbons (Fsp3) is 0.880. The maximum atomic E-state index is 12.5. The molecule has 29 heavy (non-hydrogen) atoms. The van der Waals surface area contributed by atoms with Crippen LogP contribution in [0.2, 0.25) is 0 Å². The molecule has 168 valence electrons. The van der Waals surface area contributed by atoms with Gasteiger partial charge in [-0.3, -0.25) is 4.79 Å². The third kappa shape index (κ3) is 6.15. The van der Waals surface area contributed by atoms with Crippen LogP contribution in [0.1, 0.15) is 92.9 Å². The molecule has 7 unspecified atom stereocenters. The summed E-state index contributed by atoms with van der Waals surface area (Å²) in [6.07, 6.45) is 8.53. The fourth-order valence-corrected chi connectivity index (χ4v) is 5.25. The van der Waals surface area contributed by atoms with Gasteiger partial charge in [0.15, 0.2) is 5.78 Å². The Bertz CT molecular complexity index is 567. The van der Waals surface area contributed by atoms with Crippen molar-refractivity contribution in [1.82, 2.24) is 0 Å². The first-order valence-corrected chi connectivity index (χ1v) is 11.8. The van der Waals surface area contributed by atoms with Crippen molar-refractivity contribution in [2.75, 3.05) is 0 Å². The summed E-state index contributed by atoms with van der Waals surface area (Å²) in [5.41, 5.74) is 1.32. The van der Waals surface area contributed by atoms with Crippen molar-refractivity contribution in [3.63, 3.8) is 0 Å². The Morgan fingerprint density at radius 2 is 1.79 bits per heavy atom. The van der Waals surface area contributed by atoms with Gasteiger partial charge in [-0.25, -0.2) is 0 Å². The van der Waals surface area contributed by atoms with Crippen LogP contribution in [0.15, 0.2) is 11.6 Å². The molecule has 0 heterocycles. The number of allylic oxidation sites excluding steroid dienone is 2. The molecule has 2 N–H and O–H groups in total. The molecule has 0 radical (unpaired) electrons. The summed E-state index contributed by atoms with van der Waals surface area (Å²) in [6.45, 7) is 12.7. The van der Waals surface area contributed by atoms with Crippen molar-refractivity contribution in [2.24, 2.45) is 23.2 Å². The first-order valence-electron chi connectivity index (χ1n) is 11.8. The second kappa shape index (κ2) is 10.5. The zero-order valence-electron chi connectivity index (χ0n) is 19.5. The van der Waals surface area contributed by atoms with Crippen molar-refractivity contribution in [2.45, 2.75) is 117 Å². The van der Waals surface area contributed by atoms with Gasteiger partial charge in [0.2, 0.25) is 0 Å². The van der Waals surface area contributed by atoms with E-state index in [0.29, 0.717) is 17.6 Å². The van der Waals surface area contributed by atoms with Gasteiger partial charge in [-0.05, 0) is 69.3 Å². The lowest BCUT2D eigenvalue weighted by atomic mass is 9.56. The molecule has 0 aromatic carbocycles. The van der Waals surface area contributed by atoms with E-state index in [4.69, 9.17) is 4.74 Å². The Labute approximate surface area is 178 Å². The Morgan fingerprint density at radius 3 is 2.41 bits per heavy atom. The molecule has 2 aliphatic carbocycles. The highest BCUT2D eigenvalue weighted by molar-refractivity contribution is 5.94. The van der Waals surface area contributed by atoms with E-state index < -0.39 is 6.10 Å². The number of hydrogen-bond donors (Lipinski definition) is 2. The molecule has 0 amide bonds. The van der Waals surface area contributed by atoms with Crippen LogP contribution in [-0.4, -0.2) is 40.4 Å². The highest BCUT2D eigenvalue weighted by Crippen LogP contribution is 2.53. The van der Waals surface area contributed by atoms with Gasteiger partial charge >= 0.3 is 0 Å². The summed E-state index contributed by atoms with van der Waals surface area (Å²) >= 11 is 0. The average molecular weight is 409 g/mol. The van der Waals surface area contributed by atoms with Crippen LogP contribution >= 0.6 is 0 Å². The molecule has 4 nitrogen and oxygen atoms in total. The third-order valence-corrected chi connectivity index (χ3v) is 7.68. The molecular formula is C25H44O4. The smallest absolute Gasteiger partial charge is 0.159 e. The van der Waals surface area contributed by atoms with E-state index in [1.807, 2.05) is 19.9 Å². The lowest BCUT2D eigenvalue weighted by Gasteiger charge is -2.50. The van der Waals surface area contributed by atoms with Crippen LogP contribution in [0.4, 0.5) is 0 Å². The number of aliphatic hydroxyl groups is 2. The van der Waals surface area contributed by atoms with Crippen molar-refractivity contribution in [1.29, 1.82) is 0 Å². The number of carbonyl (C=O) groups is 1. The number of rotatable bonds is 10. The number of ketones is 1. The molecule has 0 aromatic heterocycles. The van der Waals surface area contributed by atoms with Crippen molar-refractivity contribution >= 4 is 5.78 Å². The van der Waals surface area contributed by atoms with Gasteiger partial charge in [0, 0.05) is 5.92 Å². The number of fused-ring (bicyclic) bond motifs is 1. The Kier molecular flexibility index (Phi) is 8.93. The minimum absolute atomic E-state index is 0.0113. The predicted octanol–water partition coefficient (Wildman–Crippen LogP) is 5.06. The zero-order valence-corrected chi connectivity index (χ0v) is 19.5.